The van der Waals surface area contributed by atoms with Gasteiger partial charge >= 0.3 is 0 Å². The minimum Gasteiger partial charge on any atom is -0.385 e. The predicted octanol–water partition coefficient (Wildman–Crippen LogP) is 3.98. The van der Waals surface area contributed by atoms with Crippen molar-refractivity contribution in [2.24, 2.45) is 5.92 Å². The van der Waals surface area contributed by atoms with Crippen LogP contribution in [0.3, 0.4) is 0 Å². The Morgan fingerprint density at radius 2 is 1.85 bits per heavy atom. The van der Waals surface area contributed by atoms with Crippen LogP contribution in [0.2, 0.25) is 0 Å². The van der Waals surface area contributed by atoms with E-state index in [0.717, 1.165) is 36.2 Å². The van der Waals surface area contributed by atoms with Crippen LogP contribution in [0.5, 0.6) is 0 Å². The monoisotopic (exact) mass is 276 g/mol. The zero-order chi connectivity index (χ0) is 15.1. The minimum atomic E-state index is 0.0237. The lowest BCUT2D eigenvalue weighted by Crippen LogP contribution is -2.37. The van der Waals surface area contributed by atoms with Crippen LogP contribution in [0.4, 0.5) is 5.69 Å². The first-order valence-corrected chi connectivity index (χ1v) is 7.68. The Hall–Kier alpha value is -1.51. The molecule has 112 valence electrons. The lowest BCUT2D eigenvalue weighted by atomic mass is 9.95. The van der Waals surface area contributed by atoms with Gasteiger partial charge in [0.05, 0.1) is 0 Å². The van der Waals surface area contributed by atoms with Crippen molar-refractivity contribution in [1.82, 2.24) is 5.32 Å². The van der Waals surface area contributed by atoms with Crippen LogP contribution in [-0.4, -0.2) is 18.5 Å². The van der Waals surface area contributed by atoms with E-state index in [1.807, 2.05) is 25.1 Å². The topological polar surface area (TPSA) is 41.1 Å². The van der Waals surface area contributed by atoms with Gasteiger partial charge in [-0.05, 0) is 50.5 Å². The second-order valence-corrected chi connectivity index (χ2v) is 5.40. The lowest BCUT2D eigenvalue weighted by molar-refractivity contribution is 0.0925. The summed E-state index contributed by atoms with van der Waals surface area (Å²) in [5.41, 5.74) is 2.94. The van der Waals surface area contributed by atoms with Gasteiger partial charge in [0.25, 0.3) is 5.91 Å². The molecule has 0 aliphatic carbocycles. The van der Waals surface area contributed by atoms with Gasteiger partial charge in [-0.25, -0.2) is 0 Å². The second kappa shape index (κ2) is 7.93. The molecule has 0 saturated heterocycles. The van der Waals surface area contributed by atoms with Gasteiger partial charge in [-0.15, -0.1) is 0 Å². The van der Waals surface area contributed by atoms with Crippen LogP contribution in [-0.2, 0) is 0 Å². The van der Waals surface area contributed by atoms with E-state index >= 15 is 0 Å². The first-order chi connectivity index (χ1) is 9.53. The molecule has 2 N–H and O–H groups in total. The molecule has 1 aromatic rings. The highest BCUT2D eigenvalue weighted by Crippen LogP contribution is 2.17. The molecule has 1 unspecified atom stereocenters. The molecular weight excluding hydrogens is 248 g/mol. The van der Waals surface area contributed by atoms with Crippen molar-refractivity contribution in [2.75, 3.05) is 11.9 Å². The number of benzene rings is 1. The summed E-state index contributed by atoms with van der Waals surface area (Å²) in [5, 5.41) is 6.40. The summed E-state index contributed by atoms with van der Waals surface area (Å²) in [6.07, 6.45) is 2.19. The average Bonchev–Trinajstić information content (AvgIpc) is 2.42. The van der Waals surface area contributed by atoms with Crippen LogP contribution in [0.25, 0.3) is 0 Å². The number of nitrogens with one attached hydrogen (secondary N) is 2. The maximum absolute atomic E-state index is 12.3. The Bertz CT molecular complexity index is 439. The summed E-state index contributed by atoms with van der Waals surface area (Å²) >= 11 is 0. The van der Waals surface area contributed by atoms with Crippen molar-refractivity contribution in [3.8, 4) is 0 Å². The molecule has 3 nitrogen and oxygen atoms in total. The fraction of sp³-hybridized carbons (Fsp3) is 0.588. The van der Waals surface area contributed by atoms with Gasteiger partial charge in [-0.3, -0.25) is 4.79 Å². The summed E-state index contributed by atoms with van der Waals surface area (Å²) in [4.78, 5) is 12.3. The van der Waals surface area contributed by atoms with Crippen LogP contribution in [0.1, 0.15) is 56.5 Å². The van der Waals surface area contributed by atoms with Crippen molar-refractivity contribution in [3.63, 3.8) is 0 Å². The third kappa shape index (κ3) is 4.26. The summed E-state index contributed by atoms with van der Waals surface area (Å²) in [5.74, 6) is 0.566. The number of hydrogen-bond acceptors (Lipinski definition) is 2. The van der Waals surface area contributed by atoms with Gasteiger partial charge in [0.15, 0.2) is 0 Å². The highest BCUT2D eigenvalue weighted by Gasteiger charge is 2.17. The Labute approximate surface area is 123 Å². The van der Waals surface area contributed by atoms with Gasteiger partial charge < -0.3 is 10.6 Å². The average molecular weight is 276 g/mol. The summed E-state index contributed by atoms with van der Waals surface area (Å²) in [6.45, 7) is 11.4. The van der Waals surface area contributed by atoms with E-state index in [1.165, 1.54) is 0 Å². The minimum absolute atomic E-state index is 0.0237. The molecule has 1 amide bonds. The molecule has 0 spiro atoms. The molecule has 0 aliphatic rings. The summed E-state index contributed by atoms with van der Waals surface area (Å²) in [6, 6.07) is 6.04. The fourth-order valence-corrected chi connectivity index (χ4v) is 2.60. The number of amides is 1. The molecule has 0 fully saturated rings. The molecular formula is C17H28N2O. The van der Waals surface area contributed by atoms with Crippen LogP contribution >= 0.6 is 0 Å². The maximum atomic E-state index is 12.3. The number of rotatable bonds is 7. The molecule has 0 aromatic heterocycles. The lowest BCUT2D eigenvalue weighted by Gasteiger charge is -2.22. The Balaban J connectivity index is 2.75. The van der Waals surface area contributed by atoms with Crippen molar-refractivity contribution in [1.29, 1.82) is 0 Å². The first-order valence-electron chi connectivity index (χ1n) is 7.68. The largest absolute Gasteiger partial charge is 0.385 e. The van der Waals surface area contributed by atoms with Crippen LogP contribution < -0.4 is 10.6 Å². The number of anilines is 1. The van der Waals surface area contributed by atoms with E-state index < -0.39 is 0 Å². The van der Waals surface area contributed by atoms with Gasteiger partial charge in [0.2, 0.25) is 0 Å². The maximum Gasteiger partial charge on any atom is 0.251 e. The Kier molecular flexibility index (Phi) is 6.56. The normalized spacial score (nSPS) is 12.3. The van der Waals surface area contributed by atoms with E-state index in [2.05, 4.69) is 38.3 Å². The third-order valence-corrected chi connectivity index (χ3v) is 3.97. The van der Waals surface area contributed by atoms with Crippen LogP contribution in [0.15, 0.2) is 18.2 Å². The SMILES string of the molecule is CCNc1ccc(C(=O)NC(C)C(CC)CC)cc1C. The van der Waals surface area contributed by atoms with Crippen molar-refractivity contribution in [2.45, 2.75) is 53.5 Å². The van der Waals surface area contributed by atoms with Gasteiger partial charge in [-0.2, -0.15) is 0 Å². The van der Waals surface area contributed by atoms with Gasteiger partial charge in [-0.1, -0.05) is 26.7 Å². The molecule has 0 heterocycles. The molecule has 1 atom stereocenters. The quantitative estimate of drug-likeness (QED) is 0.791. The second-order valence-electron chi connectivity index (χ2n) is 5.40. The molecule has 0 radical (unpaired) electrons. The fourth-order valence-electron chi connectivity index (χ4n) is 2.60. The molecule has 1 aromatic carbocycles. The molecule has 0 aliphatic heterocycles. The van der Waals surface area contributed by atoms with Crippen molar-refractivity contribution in [3.05, 3.63) is 29.3 Å². The Morgan fingerprint density at radius 1 is 1.20 bits per heavy atom. The smallest absolute Gasteiger partial charge is 0.251 e. The van der Waals surface area contributed by atoms with Gasteiger partial charge in [0, 0.05) is 23.8 Å². The van der Waals surface area contributed by atoms with E-state index in [-0.39, 0.29) is 11.9 Å². The predicted molar refractivity (Wildman–Crippen MR) is 86.3 cm³/mol. The first kappa shape index (κ1) is 16.5. The highest BCUT2D eigenvalue weighted by atomic mass is 16.1. The molecule has 3 heteroatoms. The number of carbonyl (C=O) groups excluding carboxylic acids is 1. The molecule has 1 rings (SSSR count). The Morgan fingerprint density at radius 3 is 2.35 bits per heavy atom. The van der Waals surface area contributed by atoms with Gasteiger partial charge in [0.1, 0.15) is 0 Å². The van der Waals surface area contributed by atoms with E-state index in [4.69, 9.17) is 0 Å². The van der Waals surface area contributed by atoms with Crippen molar-refractivity contribution < 1.29 is 4.79 Å². The van der Waals surface area contributed by atoms with E-state index in [0.29, 0.717) is 5.92 Å². The van der Waals surface area contributed by atoms with E-state index in [9.17, 15) is 4.79 Å². The zero-order valence-electron chi connectivity index (χ0n) is 13.4. The molecule has 0 bridgehead atoms. The number of aryl methyl sites for hydroxylation is 1. The zero-order valence-corrected chi connectivity index (χ0v) is 13.4. The number of carbonyl (C=O) groups is 1. The van der Waals surface area contributed by atoms with E-state index in [1.54, 1.807) is 0 Å². The molecule has 20 heavy (non-hydrogen) atoms. The number of hydrogen-bond donors (Lipinski definition) is 2. The third-order valence-electron chi connectivity index (χ3n) is 3.97. The summed E-state index contributed by atoms with van der Waals surface area (Å²) < 4.78 is 0. The van der Waals surface area contributed by atoms with Crippen LogP contribution in [0, 0.1) is 12.8 Å². The standard InChI is InChI=1S/C17H28N2O/c1-6-14(7-2)13(5)19-17(20)15-9-10-16(18-8-3)12(4)11-15/h9-11,13-14,18H,6-8H2,1-5H3,(H,19,20). The van der Waals surface area contributed by atoms with Crippen molar-refractivity contribution >= 4 is 11.6 Å². The summed E-state index contributed by atoms with van der Waals surface area (Å²) in [7, 11) is 0. The molecule has 0 saturated carbocycles. The highest BCUT2D eigenvalue weighted by molar-refractivity contribution is 5.95.